The van der Waals surface area contributed by atoms with Crippen molar-refractivity contribution in [1.82, 2.24) is 0 Å². The fraction of sp³-hybridized carbons (Fsp3) is 0.300. The molecule has 0 amide bonds. The first kappa shape index (κ1) is 13.6. The van der Waals surface area contributed by atoms with Gasteiger partial charge in [0, 0.05) is 0 Å². The van der Waals surface area contributed by atoms with E-state index in [1.807, 2.05) is 0 Å². The molecule has 0 saturated heterocycles. The molecular formula is C10H12O6S. The van der Waals surface area contributed by atoms with Crippen LogP contribution in [0, 0.1) is 0 Å². The molecule has 0 fully saturated rings. The molecule has 0 heterocycles. The van der Waals surface area contributed by atoms with E-state index in [9.17, 15) is 13.2 Å². The van der Waals surface area contributed by atoms with Gasteiger partial charge in [0.2, 0.25) is 0 Å². The van der Waals surface area contributed by atoms with Gasteiger partial charge in [0.1, 0.15) is 6.10 Å². The highest BCUT2D eigenvalue weighted by Gasteiger charge is 2.13. The van der Waals surface area contributed by atoms with E-state index in [-0.39, 0.29) is 17.1 Å². The lowest BCUT2D eigenvalue weighted by atomic mass is 10.2. The van der Waals surface area contributed by atoms with Gasteiger partial charge in [-0.25, -0.2) is 4.79 Å². The maximum absolute atomic E-state index is 11.4. The minimum absolute atomic E-state index is 0.137. The van der Waals surface area contributed by atoms with Crippen molar-refractivity contribution in [3.63, 3.8) is 0 Å². The predicted molar refractivity (Wildman–Crippen MR) is 58.2 cm³/mol. The molecule has 0 saturated carbocycles. The molecule has 6 nitrogen and oxygen atoms in total. The van der Waals surface area contributed by atoms with Crippen molar-refractivity contribution >= 4 is 16.1 Å². The lowest BCUT2D eigenvalue weighted by Gasteiger charge is -2.10. The Kier molecular flexibility index (Phi) is 4.22. The highest BCUT2D eigenvalue weighted by Crippen LogP contribution is 2.11. The van der Waals surface area contributed by atoms with Gasteiger partial charge in [-0.15, -0.1) is 0 Å². The molecule has 1 unspecified atom stereocenters. The summed E-state index contributed by atoms with van der Waals surface area (Å²) in [6.07, 6.45) is -0.635. The molecule has 0 aliphatic carbocycles. The van der Waals surface area contributed by atoms with Crippen LogP contribution in [-0.2, 0) is 14.9 Å². The zero-order chi connectivity index (χ0) is 13.1. The van der Waals surface area contributed by atoms with E-state index in [1.165, 1.54) is 19.1 Å². The van der Waals surface area contributed by atoms with Crippen LogP contribution in [0.15, 0.2) is 29.2 Å². The fourth-order valence-corrected chi connectivity index (χ4v) is 1.53. The number of carbonyl (C=O) groups is 1. The molecule has 0 radical (unpaired) electrons. The standard InChI is InChI=1S/C10H12O6S/c1-7(6-11)16-10(12)8-2-4-9(5-3-8)17(13,14)15/h2-5,7,11H,6H2,1H3,(H,13,14,15). The van der Waals surface area contributed by atoms with Crippen LogP contribution in [0.25, 0.3) is 0 Å². The van der Waals surface area contributed by atoms with Crippen LogP contribution >= 0.6 is 0 Å². The van der Waals surface area contributed by atoms with Crippen molar-refractivity contribution in [3.05, 3.63) is 29.8 Å². The Bertz CT molecular complexity index is 490. The predicted octanol–water partition coefficient (Wildman–Crippen LogP) is 0.471. The maximum Gasteiger partial charge on any atom is 0.338 e. The molecule has 2 N–H and O–H groups in total. The van der Waals surface area contributed by atoms with Crippen LogP contribution in [-0.4, -0.2) is 36.8 Å². The van der Waals surface area contributed by atoms with E-state index < -0.39 is 22.2 Å². The summed E-state index contributed by atoms with van der Waals surface area (Å²) in [6.45, 7) is 1.22. The van der Waals surface area contributed by atoms with E-state index >= 15 is 0 Å². The Labute approximate surface area is 98.6 Å². The van der Waals surface area contributed by atoms with Crippen LogP contribution in [0.1, 0.15) is 17.3 Å². The third kappa shape index (κ3) is 3.81. The van der Waals surface area contributed by atoms with Gasteiger partial charge < -0.3 is 9.84 Å². The van der Waals surface area contributed by atoms with Crippen LogP contribution in [0.2, 0.25) is 0 Å². The molecule has 7 heteroatoms. The first-order valence-corrected chi connectivity index (χ1v) is 6.18. The van der Waals surface area contributed by atoms with Crippen molar-refractivity contribution < 1.29 is 27.6 Å². The second-order valence-electron chi connectivity index (χ2n) is 3.40. The Morgan fingerprint density at radius 2 is 1.88 bits per heavy atom. The third-order valence-corrected chi connectivity index (χ3v) is 2.82. The fourth-order valence-electron chi connectivity index (χ4n) is 1.05. The number of aliphatic hydroxyl groups is 1. The molecule has 0 bridgehead atoms. The zero-order valence-electron chi connectivity index (χ0n) is 9.03. The molecule has 0 aliphatic rings. The molecule has 1 rings (SSSR count). The molecule has 0 aromatic heterocycles. The number of carbonyl (C=O) groups excluding carboxylic acids is 1. The summed E-state index contributed by atoms with van der Waals surface area (Å²) in [5.41, 5.74) is 0.137. The van der Waals surface area contributed by atoms with Crippen LogP contribution in [0.3, 0.4) is 0 Å². The Morgan fingerprint density at radius 1 is 1.35 bits per heavy atom. The summed E-state index contributed by atoms with van der Waals surface area (Å²) in [5, 5.41) is 8.69. The van der Waals surface area contributed by atoms with E-state index in [2.05, 4.69) is 0 Å². The zero-order valence-corrected chi connectivity index (χ0v) is 9.85. The van der Waals surface area contributed by atoms with Crippen molar-refractivity contribution in [2.75, 3.05) is 6.61 Å². The highest BCUT2D eigenvalue weighted by molar-refractivity contribution is 7.85. The second-order valence-corrected chi connectivity index (χ2v) is 4.82. The maximum atomic E-state index is 11.4. The summed E-state index contributed by atoms with van der Waals surface area (Å²) in [5.74, 6) is -0.673. The quantitative estimate of drug-likeness (QED) is 0.603. The number of ether oxygens (including phenoxy) is 1. The number of esters is 1. The summed E-state index contributed by atoms with van der Waals surface area (Å²) in [7, 11) is -4.27. The minimum Gasteiger partial charge on any atom is -0.457 e. The smallest absolute Gasteiger partial charge is 0.338 e. The van der Waals surface area contributed by atoms with Gasteiger partial charge in [-0.2, -0.15) is 8.42 Å². The number of aliphatic hydroxyl groups excluding tert-OH is 1. The Balaban J connectivity index is 2.85. The van der Waals surface area contributed by atoms with Crippen molar-refractivity contribution in [2.45, 2.75) is 17.9 Å². The van der Waals surface area contributed by atoms with Gasteiger partial charge in [0.05, 0.1) is 17.1 Å². The topological polar surface area (TPSA) is 101 Å². The lowest BCUT2D eigenvalue weighted by molar-refractivity contribution is 0.0197. The number of rotatable bonds is 4. The van der Waals surface area contributed by atoms with Crippen LogP contribution in [0.4, 0.5) is 0 Å². The Morgan fingerprint density at radius 3 is 2.29 bits per heavy atom. The van der Waals surface area contributed by atoms with Gasteiger partial charge >= 0.3 is 5.97 Å². The average Bonchev–Trinajstić information content (AvgIpc) is 2.27. The largest absolute Gasteiger partial charge is 0.457 e. The number of benzene rings is 1. The van der Waals surface area contributed by atoms with Crippen molar-refractivity contribution in [1.29, 1.82) is 0 Å². The number of hydrogen-bond acceptors (Lipinski definition) is 5. The highest BCUT2D eigenvalue weighted by atomic mass is 32.2. The first-order chi connectivity index (χ1) is 7.84. The molecule has 0 aliphatic heterocycles. The molecule has 1 aromatic carbocycles. The van der Waals surface area contributed by atoms with Crippen LogP contribution in [0.5, 0.6) is 0 Å². The minimum atomic E-state index is -4.27. The van der Waals surface area contributed by atoms with Gasteiger partial charge in [-0.3, -0.25) is 4.55 Å². The second kappa shape index (κ2) is 5.26. The molecule has 1 aromatic rings. The van der Waals surface area contributed by atoms with E-state index in [0.29, 0.717) is 0 Å². The van der Waals surface area contributed by atoms with Gasteiger partial charge in [0.25, 0.3) is 10.1 Å². The van der Waals surface area contributed by atoms with Crippen LogP contribution < -0.4 is 0 Å². The van der Waals surface area contributed by atoms with Crippen molar-refractivity contribution in [2.24, 2.45) is 0 Å². The molecule has 17 heavy (non-hydrogen) atoms. The number of hydrogen-bond donors (Lipinski definition) is 2. The monoisotopic (exact) mass is 260 g/mol. The summed E-state index contributed by atoms with van der Waals surface area (Å²) < 4.78 is 35.0. The normalized spacial score (nSPS) is 13.1. The van der Waals surface area contributed by atoms with Gasteiger partial charge in [-0.05, 0) is 31.2 Å². The van der Waals surface area contributed by atoms with E-state index in [1.54, 1.807) is 0 Å². The summed E-state index contributed by atoms with van der Waals surface area (Å²) in [4.78, 5) is 11.1. The molecule has 1 atom stereocenters. The molecular weight excluding hydrogens is 248 g/mol. The SMILES string of the molecule is CC(CO)OC(=O)c1ccc(S(=O)(=O)O)cc1. The molecule has 0 spiro atoms. The summed E-state index contributed by atoms with van der Waals surface area (Å²) in [6, 6.07) is 4.62. The van der Waals surface area contributed by atoms with Gasteiger partial charge in [-0.1, -0.05) is 0 Å². The Hall–Kier alpha value is -1.44. The van der Waals surface area contributed by atoms with E-state index in [4.69, 9.17) is 14.4 Å². The molecule has 94 valence electrons. The van der Waals surface area contributed by atoms with Gasteiger partial charge in [0.15, 0.2) is 0 Å². The lowest BCUT2D eigenvalue weighted by Crippen LogP contribution is -2.18. The third-order valence-electron chi connectivity index (χ3n) is 1.95. The summed E-state index contributed by atoms with van der Waals surface area (Å²) >= 11 is 0. The van der Waals surface area contributed by atoms with Crippen molar-refractivity contribution in [3.8, 4) is 0 Å². The average molecular weight is 260 g/mol. The first-order valence-electron chi connectivity index (χ1n) is 4.74. The van der Waals surface area contributed by atoms with E-state index in [0.717, 1.165) is 12.1 Å².